The third-order valence-corrected chi connectivity index (χ3v) is 2.39. The molecule has 2 aromatic heterocycles. The first kappa shape index (κ1) is 10.1. The highest BCUT2D eigenvalue weighted by molar-refractivity contribution is 6.31. The molecular weight excluding hydrogens is 214 g/mol. The van der Waals surface area contributed by atoms with Crippen molar-refractivity contribution in [2.24, 2.45) is 12.8 Å². The number of aromatic nitrogens is 4. The minimum atomic E-state index is -0.453. The van der Waals surface area contributed by atoms with Crippen LogP contribution in [0.1, 0.15) is 17.6 Å². The lowest BCUT2D eigenvalue weighted by molar-refractivity contribution is 0.651. The molecule has 0 spiro atoms. The molecule has 1 unspecified atom stereocenters. The van der Waals surface area contributed by atoms with Crippen molar-refractivity contribution in [1.29, 1.82) is 0 Å². The van der Waals surface area contributed by atoms with Gasteiger partial charge in [-0.25, -0.2) is 9.97 Å². The summed E-state index contributed by atoms with van der Waals surface area (Å²) in [5, 5.41) is 4.54. The van der Waals surface area contributed by atoms with Gasteiger partial charge in [-0.2, -0.15) is 5.10 Å². The van der Waals surface area contributed by atoms with E-state index >= 15 is 0 Å². The van der Waals surface area contributed by atoms with Crippen molar-refractivity contribution in [3.8, 4) is 0 Å². The predicted octanol–water partition coefficient (Wildman–Crippen LogP) is 0.912. The number of hydrogen-bond donors (Lipinski definition) is 1. The Hall–Kier alpha value is -1.46. The highest BCUT2D eigenvalue weighted by Gasteiger charge is 2.18. The summed E-state index contributed by atoms with van der Waals surface area (Å²) in [7, 11) is 1.78. The number of halogens is 1. The van der Waals surface area contributed by atoms with E-state index in [1.165, 1.54) is 0 Å². The molecule has 6 heteroatoms. The molecule has 0 aromatic carbocycles. The summed E-state index contributed by atoms with van der Waals surface area (Å²) in [5.41, 5.74) is 6.70. The molecule has 78 valence electrons. The number of nitrogens with zero attached hydrogens (tertiary/aromatic N) is 4. The Kier molecular flexibility index (Phi) is 2.66. The summed E-state index contributed by atoms with van der Waals surface area (Å²) < 4.78 is 1.63. The van der Waals surface area contributed by atoms with Gasteiger partial charge in [0.1, 0.15) is 6.04 Å². The van der Waals surface area contributed by atoms with Crippen molar-refractivity contribution in [2.75, 3.05) is 0 Å². The molecule has 15 heavy (non-hydrogen) atoms. The Bertz CT molecular complexity index is 433. The minimum Gasteiger partial charge on any atom is -0.316 e. The second-order valence-corrected chi connectivity index (χ2v) is 3.49. The van der Waals surface area contributed by atoms with E-state index in [4.69, 9.17) is 17.3 Å². The van der Waals surface area contributed by atoms with Crippen LogP contribution >= 0.6 is 11.6 Å². The van der Waals surface area contributed by atoms with Crippen LogP contribution in [0.25, 0.3) is 0 Å². The lowest BCUT2D eigenvalue weighted by Crippen LogP contribution is -2.18. The third-order valence-electron chi connectivity index (χ3n) is 2.10. The summed E-state index contributed by atoms with van der Waals surface area (Å²) in [5.74, 6) is 0.531. The van der Waals surface area contributed by atoms with Gasteiger partial charge in [-0.3, -0.25) is 4.68 Å². The first-order valence-corrected chi connectivity index (χ1v) is 4.78. The van der Waals surface area contributed by atoms with Gasteiger partial charge in [-0.15, -0.1) is 0 Å². The fourth-order valence-corrected chi connectivity index (χ4v) is 1.65. The Balaban J connectivity index is 2.41. The van der Waals surface area contributed by atoms with Crippen molar-refractivity contribution < 1.29 is 0 Å². The molecule has 0 radical (unpaired) electrons. The van der Waals surface area contributed by atoms with Gasteiger partial charge in [0.25, 0.3) is 0 Å². The molecule has 2 rings (SSSR count). The molecule has 1 atom stereocenters. The van der Waals surface area contributed by atoms with E-state index in [1.807, 2.05) is 0 Å². The van der Waals surface area contributed by atoms with Gasteiger partial charge in [0.15, 0.2) is 5.82 Å². The maximum atomic E-state index is 5.99. The molecule has 0 aliphatic heterocycles. The first-order valence-electron chi connectivity index (χ1n) is 4.40. The molecule has 0 fully saturated rings. The molecule has 0 amide bonds. The summed E-state index contributed by atoms with van der Waals surface area (Å²) in [6, 6.07) is 1.28. The van der Waals surface area contributed by atoms with Crippen molar-refractivity contribution in [2.45, 2.75) is 6.04 Å². The lowest BCUT2D eigenvalue weighted by Gasteiger charge is -2.10. The molecule has 0 saturated heterocycles. The molecule has 0 aliphatic rings. The zero-order valence-corrected chi connectivity index (χ0v) is 8.89. The van der Waals surface area contributed by atoms with Crippen LogP contribution in [0.4, 0.5) is 0 Å². The van der Waals surface area contributed by atoms with Crippen molar-refractivity contribution >= 4 is 11.6 Å². The van der Waals surface area contributed by atoms with Gasteiger partial charge in [0, 0.05) is 19.4 Å². The average Bonchev–Trinajstić information content (AvgIpc) is 2.59. The third kappa shape index (κ3) is 1.84. The molecule has 2 aromatic rings. The number of nitrogens with two attached hydrogens (primary N) is 1. The first-order chi connectivity index (χ1) is 7.20. The Labute approximate surface area is 91.9 Å². The summed E-state index contributed by atoms with van der Waals surface area (Å²) in [4.78, 5) is 8.16. The van der Waals surface area contributed by atoms with Gasteiger partial charge in [-0.05, 0) is 6.07 Å². The number of aryl methyl sites for hydroxylation is 1. The lowest BCUT2D eigenvalue weighted by atomic mass is 10.2. The zero-order chi connectivity index (χ0) is 10.8. The highest BCUT2D eigenvalue weighted by Crippen LogP contribution is 2.23. The fraction of sp³-hybridized carbons (Fsp3) is 0.222. The van der Waals surface area contributed by atoms with Crippen LogP contribution in [-0.4, -0.2) is 19.7 Å². The second kappa shape index (κ2) is 3.96. The fourth-order valence-electron chi connectivity index (χ4n) is 1.36. The Morgan fingerprint density at radius 1 is 1.40 bits per heavy atom. The smallest absolute Gasteiger partial charge is 0.151 e. The second-order valence-electron chi connectivity index (χ2n) is 3.09. The number of hydrogen-bond acceptors (Lipinski definition) is 4. The van der Waals surface area contributed by atoms with Crippen molar-refractivity contribution in [1.82, 2.24) is 19.7 Å². The number of rotatable bonds is 2. The van der Waals surface area contributed by atoms with Crippen LogP contribution in [0, 0.1) is 0 Å². The molecule has 2 N–H and O–H groups in total. The van der Waals surface area contributed by atoms with E-state index in [1.54, 1.807) is 36.4 Å². The highest BCUT2D eigenvalue weighted by atomic mass is 35.5. The van der Waals surface area contributed by atoms with Crippen LogP contribution in [0.2, 0.25) is 5.02 Å². The van der Waals surface area contributed by atoms with Crippen LogP contribution in [0.15, 0.2) is 24.7 Å². The zero-order valence-electron chi connectivity index (χ0n) is 8.13. The van der Waals surface area contributed by atoms with E-state index in [0.717, 1.165) is 0 Å². The predicted molar refractivity (Wildman–Crippen MR) is 56.3 cm³/mol. The van der Waals surface area contributed by atoms with E-state index in [0.29, 0.717) is 16.5 Å². The largest absolute Gasteiger partial charge is 0.316 e. The molecular formula is C9H10ClN5. The summed E-state index contributed by atoms with van der Waals surface area (Å²) in [6.45, 7) is 0. The maximum absolute atomic E-state index is 5.99. The molecule has 0 bridgehead atoms. The summed E-state index contributed by atoms with van der Waals surface area (Å²) >= 11 is 5.97. The van der Waals surface area contributed by atoms with E-state index in [9.17, 15) is 0 Å². The Morgan fingerprint density at radius 3 is 2.60 bits per heavy atom. The van der Waals surface area contributed by atoms with Gasteiger partial charge >= 0.3 is 0 Å². The minimum absolute atomic E-state index is 0.453. The van der Waals surface area contributed by atoms with Crippen LogP contribution in [0.5, 0.6) is 0 Å². The van der Waals surface area contributed by atoms with Gasteiger partial charge in [0.2, 0.25) is 0 Å². The van der Waals surface area contributed by atoms with Crippen LogP contribution < -0.4 is 5.73 Å². The molecule has 0 saturated carbocycles. The summed E-state index contributed by atoms with van der Waals surface area (Å²) in [6.07, 6.45) is 4.85. The molecule has 2 heterocycles. The maximum Gasteiger partial charge on any atom is 0.151 e. The standard InChI is InChI=1S/C9H10ClN5/c1-15-8(6(10)5-14-15)7(11)9-12-3-2-4-13-9/h2-5,7H,11H2,1H3. The van der Waals surface area contributed by atoms with E-state index in [-0.39, 0.29) is 0 Å². The van der Waals surface area contributed by atoms with Gasteiger partial charge in [0.05, 0.1) is 16.9 Å². The normalized spacial score (nSPS) is 12.7. The van der Waals surface area contributed by atoms with Crippen LogP contribution in [0.3, 0.4) is 0 Å². The Morgan fingerprint density at radius 2 is 2.07 bits per heavy atom. The van der Waals surface area contributed by atoms with E-state index in [2.05, 4.69) is 15.1 Å². The van der Waals surface area contributed by atoms with Crippen molar-refractivity contribution in [3.05, 3.63) is 41.2 Å². The monoisotopic (exact) mass is 223 g/mol. The molecule has 5 nitrogen and oxygen atoms in total. The average molecular weight is 224 g/mol. The molecule has 0 aliphatic carbocycles. The van der Waals surface area contributed by atoms with Crippen molar-refractivity contribution in [3.63, 3.8) is 0 Å². The van der Waals surface area contributed by atoms with Crippen LogP contribution in [-0.2, 0) is 7.05 Å². The SMILES string of the molecule is Cn1ncc(Cl)c1C(N)c1ncccn1. The van der Waals surface area contributed by atoms with Gasteiger partial charge in [-0.1, -0.05) is 11.6 Å². The van der Waals surface area contributed by atoms with E-state index < -0.39 is 6.04 Å². The van der Waals surface area contributed by atoms with Gasteiger partial charge < -0.3 is 5.73 Å². The quantitative estimate of drug-likeness (QED) is 0.822. The topological polar surface area (TPSA) is 69.6 Å².